The molecule has 74 valence electrons. The Hall–Kier alpha value is -2.40. The molecule has 0 atom stereocenters. The fourth-order valence-electron chi connectivity index (χ4n) is 0.878. The lowest BCUT2D eigenvalue weighted by Gasteiger charge is -1.98. The van der Waals surface area contributed by atoms with Gasteiger partial charge >= 0.3 is 0 Å². The molecule has 15 heavy (non-hydrogen) atoms. The number of nitriles is 2. The van der Waals surface area contributed by atoms with E-state index in [-0.39, 0.29) is 0 Å². The number of ether oxygens (including phenoxy) is 1. The fourth-order valence-corrected chi connectivity index (χ4v) is 0.878. The third kappa shape index (κ3) is 3.09. The van der Waals surface area contributed by atoms with Crippen molar-refractivity contribution in [2.24, 2.45) is 10.2 Å². The Kier molecular flexibility index (Phi) is 3.81. The Morgan fingerprint density at radius 3 is 2.67 bits per heavy atom. The fraction of sp³-hybridized carbons (Fsp3) is 0.200. The van der Waals surface area contributed by atoms with Crippen LogP contribution in [-0.4, -0.2) is 13.2 Å². The topological polar surface area (TPSA) is 81.5 Å². The maximum atomic E-state index is 8.45. The van der Waals surface area contributed by atoms with Gasteiger partial charge in [0.2, 0.25) is 6.04 Å². The molecular formula is C10H8N4O. The second kappa shape index (κ2) is 5.36. The molecule has 0 saturated carbocycles. The van der Waals surface area contributed by atoms with E-state index in [4.69, 9.17) is 15.3 Å². The SMILES string of the molecule is COc1cccc(N=NC(C#N)C#N)c1. The van der Waals surface area contributed by atoms with Gasteiger partial charge in [-0.05, 0) is 12.1 Å². The van der Waals surface area contributed by atoms with E-state index in [0.717, 1.165) is 0 Å². The summed E-state index contributed by atoms with van der Waals surface area (Å²) in [6.07, 6.45) is 0. The van der Waals surface area contributed by atoms with Gasteiger partial charge in [0.05, 0.1) is 12.8 Å². The highest BCUT2D eigenvalue weighted by Gasteiger charge is 2.00. The molecule has 0 aliphatic heterocycles. The molecule has 5 nitrogen and oxygen atoms in total. The van der Waals surface area contributed by atoms with E-state index >= 15 is 0 Å². The average Bonchev–Trinajstić information content (AvgIpc) is 2.31. The third-order valence-electron chi connectivity index (χ3n) is 1.59. The van der Waals surface area contributed by atoms with Gasteiger partial charge in [0, 0.05) is 6.07 Å². The van der Waals surface area contributed by atoms with E-state index in [9.17, 15) is 0 Å². The highest BCUT2D eigenvalue weighted by Crippen LogP contribution is 2.19. The molecule has 0 radical (unpaired) electrons. The Morgan fingerprint density at radius 2 is 2.07 bits per heavy atom. The van der Waals surface area contributed by atoms with Crippen molar-refractivity contribution in [1.29, 1.82) is 10.5 Å². The molecule has 1 rings (SSSR count). The molecule has 0 N–H and O–H groups in total. The summed E-state index contributed by atoms with van der Waals surface area (Å²) in [4.78, 5) is 0. The summed E-state index contributed by atoms with van der Waals surface area (Å²) in [5, 5.41) is 24.2. The Labute approximate surface area is 87.2 Å². The quantitative estimate of drug-likeness (QED) is 0.701. The molecule has 0 unspecified atom stereocenters. The summed E-state index contributed by atoms with van der Waals surface area (Å²) in [5.74, 6) is 0.650. The molecule has 0 fully saturated rings. The predicted molar refractivity (Wildman–Crippen MR) is 52.5 cm³/mol. The van der Waals surface area contributed by atoms with Crippen LogP contribution in [0, 0.1) is 22.7 Å². The highest BCUT2D eigenvalue weighted by atomic mass is 16.5. The first-order valence-electron chi connectivity index (χ1n) is 4.14. The molecule has 0 amide bonds. The summed E-state index contributed by atoms with van der Waals surface area (Å²) < 4.78 is 4.98. The second-order valence-corrected chi connectivity index (χ2v) is 2.58. The summed E-state index contributed by atoms with van der Waals surface area (Å²) in [7, 11) is 1.55. The zero-order chi connectivity index (χ0) is 11.1. The number of hydrogen-bond acceptors (Lipinski definition) is 5. The summed E-state index contributed by atoms with van der Waals surface area (Å²) in [6, 6.07) is 9.22. The van der Waals surface area contributed by atoms with Gasteiger partial charge < -0.3 is 4.74 Å². The first kappa shape index (κ1) is 10.7. The highest BCUT2D eigenvalue weighted by molar-refractivity contribution is 5.42. The van der Waals surface area contributed by atoms with Crippen LogP contribution in [0.3, 0.4) is 0 Å². The van der Waals surface area contributed by atoms with Crippen molar-refractivity contribution in [3.8, 4) is 17.9 Å². The van der Waals surface area contributed by atoms with Crippen LogP contribution in [0.4, 0.5) is 5.69 Å². The molecule has 0 spiro atoms. The molecule has 0 saturated heterocycles. The molecule has 5 heteroatoms. The molecule has 0 bridgehead atoms. The summed E-state index contributed by atoms with van der Waals surface area (Å²) in [6.45, 7) is 0. The lowest BCUT2D eigenvalue weighted by atomic mass is 10.3. The van der Waals surface area contributed by atoms with Gasteiger partial charge in [0.25, 0.3) is 0 Å². The van der Waals surface area contributed by atoms with Crippen molar-refractivity contribution < 1.29 is 4.74 Å². The smallest absolute Gasteiger partial charge is 0.242 e. The van der Waals surface area contributed by atoms with Crippen molar-refractivity contribution in [2.45, 2.75) is 6.04 Å². The van der Waals surface area contributed by atoms with Crippen LogP contribution in [-0.2, 0) is 0 Å². The normalized spacial score (nSPS) is 9.87. The molecular weight excluding hydrogens is 192 g/mol. The lowest BCUT2D eigenvalue weighted by Crippen LogP contribution is -1.92. The Morgan fingerprint density at radius 1 is 1.33 bits per heavy atom. The Bertz CT molecular complexity index is 427. The molecule has 1 aromatic rings. The largest absolute Gasteiger partial charge is 0.497 e. The van der Waals surface area contributed by atoms with Crippen LogP contribution in [0.5, 0.6) is 5.75 Å². The van der Waals surface area contributed by atoms with Gasteiger partial charge in [0.15, 0.2) is 0 Å². The van der Waals surface area contributed by atoms with Crippen LogP contribution in [0.15, 0.2) is 34.5 Å². The van der Waals surface area contributed by atoms with Crippen molar-refractivity contribution >= 4 is 5.69 Å². The lowest BCUT2D eigenvalue weighted by molar-refractivity contribution is 0.415. The van der Waals surface area contributed by atoms with E-state index in [1.165, 1.54) is 0 Å². The van der Waals surface area contributed by atoms with E-state index in [1.54, 1.807) is 43.5 Å². The van der Waals surface area contributed by atoms with E-state index in [0.29, 0.717) is 11.4 Å². The van der Waals surface area contributed by atoms with Crippen LogP contribution in [0.25, 0.3) is 0 Å². The van der Waals surface area contributed by atoms with Gasteiger partial charge in [0.1, 0.15) is 17.9 Å². The van der Waals surface area contributed by atoms with Gasteiger partial charge in [-0.2, -0.15) is 20.8 Å². The van der Waals surface area contributed by atoms with Crippen molar-refractivity contribution in [2.75, 3.05) is 7.11 Å². The minimum Gasteiger partial charge on any atom is -0.497 e. The maximum absolute atomic E-state index is 8.45. The van der Waals surface area contributed by atoms with Gasteiger partial charge in [-0.1, -0.05) is 6.07 Å². The zero-order valence-electron chi connectivity index (χ0n) is 8.08. The van der Waals surface area contributed by atoms with E-state index in [2.05, 4.69) is 10.2 Å². The minimum absolute atomic E-state index is 0.546. The number of azo groups is 1. The van der Waals surface area contributed by atoms with Crippen molar-refractivity contribution in [3.63, 3.8) is 0 Å². The standard InChI is InChI=1S/C10H8N4O/c1-15-10-4-2-3-8(5-10)13-14-9(6-11)7-12/h2-5,9H,1H3. The summed E-state index contributed by atoms with van der Waals surface area (Å²) >= 11 is 0. The van der Waals surface area contributed by atoms with Crippen molar-refractivity contribution in [1.82, 2.24) is 0 Å². The number of benzene rings is 1. The van der Waals surface area contributed by atoms with Crippen LogP contribution >= 0.6 is 0 Å². The molecule has 0 heterocycles. The van der Waals surface area contributed by atoms with E-state index in [1.807, 2.05) is 0 Å². The zero-order valence-corrected chi connectivity index (χ0v) is 8.08. The maximum Gasteiger partial charge on any atom is 0.242 e. The third-order valence-corrected chi connectivity index (χ3v) is 1.59. The van der Waals surface area contributed by atoms with Gasteiger partial charge in [-0.25, -0.2) is 0 Å². The number of nitrogens with zero attached hydrogens (tertiary/aromatic N) is 4. The molecule has 0 aliphatic carbocycles. The monoisotopic (exact) mass is 200 g/mol. The van der Waals surface area contributed by atoms with E-state index < -0.39 is 6.04 Å². The van der Waals surface area contributed by atoms with Crippen LogP contribution in [0.2, 0.25) is 0 Å². The van der Waals surface area contributed by atoms with Gasteiger partial charge in [-0.3, -0.25) is 0 Å². The number of rotatable bonds is 3. The number of hydrogen-bond donors (Lipinski definition) is 0. The minimum atomic E-state index is -1.06. The number of methoxy groups -OCH3 is 1. The molecule has 0 aromatic heterocycles. The molecule has 0 aliphatic rings. The van der Waals surface area contributed by atoms with Crippen LogP contribution in [0.1, 0.15) is 0 Å². The summed E-state index contributed by atoms with van der Waals surface area (Å²) in [5.41, 5.74) is 0.546. The second-order valence-electron chi connectivity index (χ2n) is 2.58. The first-order chi connectivity index (χ1) is 7.30. The van der Waals surface area contributed by atoms with Gasteiger partial charge in [-0.15, -0.1) is 0 Å². The first-order valence-corrected chi connectivity index (χ1v) is 4.14. The van der Waals surface area contributed by atoms with Crippen LogP contribution < -0.4 is 4.74 Å². The Balaban J connectivity index is 2.82. The van der Waals surface area contributed by atoms with Crippen molar-refractivity contribution in [3.05, 3.63) is 24.3 Å². The average molecular weight is 200 g/mol. The predicted octanol–water partition coefficient (Wildman–Crippen LogP) is 2.19. The molecule has 1 aromatic carbocycles.